The van der Waals surface area contributed by atoms with Crippen LogP contribution in [0.2, 0.25) is 0 Å². The summed E-state index contributed by atoms with van der Waals surface area (Å²) < 4.78 is 1.44. The predicted molar refractivity (Wildman–Crippen MR) is 78.7 cm³/mol. The first-order valence-corrected chi connectivity index (χ1v) is 6.45. The Morgan fingerprint density at radius 1 is 1.25 bits per heavy atom. The molecule has 0 saturated carbocycles. The molecule has 1 heterocycles. The van der Waals surface area contributed by atoms with E-state index in [2.05, 4.69) is 0 Å². The van der Waals surface area contributed by atoms with Crippen molar-refractivity contribution < 1.29 is 4.79 Å². The molecule has 4 heteroatoms. The van der Waals surface area contributed by atoms with Gasteiger partial charge in [-0.2, -0.15) is 0 Å². The van der Waals surface area contributed by atoms with Crippen molar-refractivity contribution in [1.29, 1.82) is 0 Å². The van der Waals surface area contributed by atoms with Gasteiger partial charge in [0.05, 0.1) is 0 Å². The third-order valence-electron chi connectivity index (χ3n) is 3.37. The van der Waals surface area contributed by atoms with Crippen LogP contribution in [0.25, 0.3) is 0 Å². The Morgan fingerprint density at radius 3 is 2.60 bits per heavy atom. The van der Waals surface area contributed by atoms with Gasteiger partial charge in [0.25, 0.3) is 11.5 Å². The second-order valence-corrected chi connectivity index (χ2v) is 4.95. The standard InChI is InChI=1S/C16H18N2O2/c1-12-6-4-5-7-14(12)11-18(3)16(20)13-8-9-17(2)15(19)10-13/h4-10H,11H2,1-3H3. The number of aromatic nitrogens is 1. The number of nitrogens with zero attached hydrogens (tertiary/aromatic N) is 2. The van der Waals surface area contributed by atoms with E-state index in [9.17, 15) is 9.59 Å². The highest BCUT2D eigenvalue weighted by Crippen LogP contribution is 2.11. The van der Waals surface area contributed by atoms with E-state index in [1.165, 1.54) is 10.6 Å². The van der Waals surface area contributed by atoms with Gasteiger partial charge in [-0.3, -0.25) is 9.59 Å². The van der Waals surface area contributed by atoms with Crippen LogP contribution >= 0.6 is 0 Å². The molecule has 1 aromatic carbocycles. The van der Waals surface area contributed by atoms with Crippen LogP contribution in [0.3, 0.4) is 0 Å². The molecule has 1 amide bonds. The number of rotatable bonds is 3. The average molecular weight is 270 g/mol. The van der Waals surface area contributed by atoms with Crippen LogP contribution in [-0.4, -0.2) is 22.4 Å². The van der Waals surface area contributed by atoms with Crippen molar-refractivity contribution in [2.24, 2.45) is 7.05 Å². The molecular weight excluding hydrogens is 252 g/mol. The molecule has 0 N–H and O–H groups in total. The van der Waals surface area contributed by atoms with E-state index in [4.69, 9.17) is 0 Å². The molecule has 0 spiro atoms. The first-order valence-electron chi connectivity index (χ1n) is 6.45. The number of amides is 1. The van der Waals surface area contributed by atoms with E-state index in [0.717, 1.165) is 11.1 Å². The lowest BCUT2D eigenvalue weighted by atomic mass is 10.1. The van der Waals surface area contributed by atoms with E-state index in [1.807, 2.05) is 31.2 Å². The Kier molecular flexibility index (Phi) is 4.03. The number of aryl methyl sites for hydroxylation is 2. The lowest BCUT2D eigenvalue weighted by molar-refractivity contribution is 0.0784. The summed E-state index contributed by atoms with van der Waals surface area (Å²) in [6, 6.07) is 11.0. The van der Waals surface area contributed by atoms with Gasteiger partial charge in [0.2, 0.25) is 0 Å². The molecule has 1 aromatic heterocycles. The number of carbonyl (C=O) groups excluding carboxylic acids is 1. The topological polar surface area (TPSA) is 42.3 Å². The predicted octanol–water partition coefficient (Wildman–Crippen LogP) is 1.97. The van der Waals surface area contributed by atoms with Crippen molar-refractivity contribution in [1.82, 2.24) is 9.47 Å². The molecule has 0 atom stereocenters. The molecular formula is C16H18N2O2. The minimum absolute atomic E-state index is 0.147. The minimum Gasteiger partial charge on any atom is -0.337 e. The van der Waals surface area contributed by atoms with Crippen LogP contribution in [0.5, 0.6) is 0 Å². The number of benzene rings is 1. The summed E-state index contributed by atoms with van der Waals surface area (Å²) in [7, 11) is 3.40. The van der Waals surface area contributed by atoms with Gasteiger partial charge in [-0.15, -0.1) is 0 Å². The monoisotopic (exact) mass is 270 g/mol. The van der Waals surface area contributed by atoms with E-state index >= 15 is 0 Å². The quantitative estimate of drug-likeness (QED) is 0.855. The van der Waals surface area contributed by atoms with Gasteiger partial charge in [0, 0.05) is 38.5 Å². The molecule has 0 unspecified atom stereocenters. The molecule has 20 heavy (non-hydrogen) atoms. The van der Waals surface area contributed by atoms with Crippen LogP contribution in [0.4, 0.5) is 0 Å². The van der Waals surface area contributed by atoms with Gasteiger partial charge < -0.3 is 9.47 Å². The van der Waals surface area contributed by atoms with Crippen molar-refractivity contribution in [3.63, 3.8) is 0 Å². The third-order valence-corrected chi connectivity index (χ3v) is 3.37. The molecule has 2 aromatic rings. The summed E-state index contributed by atoms with van der Waals surface area (Å²) in [4.78, 5) is 25.5. The van der Waals surface area contributed by atoms with Gasteiger partial charge in [0.15, 0.2) is 0 Å². The molecule has 0 radical (unpaired) electrons. The molecule has 0 aliphatic rings. The van der Waals surface area contributed by atoms with Crippen LogP contribution in [0.1, 0.15) is 21.5 Å². The van der Waals surface area contributed by atoms with Gasteiger partial charge in [0.1, 0.15) is 0 Å². The van der Waals surface area contributed by atoms with Crippen molar-refractivity contribution in [3.05, 3.63) is 69.6 Å². The lowest BCUT2D eigenvalue weighted by Crippen LogP contribution is -2.28. The normalized spacial score (nSPS) is 10.3. The fraction of sp³-hybridized carbons (Fsp3) is 0.250. The van der Waals surface area contributed by atoms with Crippen molar-refractivity contribution in [3.8, 4) is 0 Å². The van der Waals surface area contributed by atoms with Gasteiger partial charge in [-0.05, 0) is 24.1 Å². The Hall–Kier alpha value is -2.36. The summed E-state index contributed by atoms with van der Waals surface area (Å²) in [5.74, 6) is -0.147. The molecule has 0 bridgehead atoms. The van der Waals surface area contributed by atoms with Crippen LogP contribution in [0, 0.1) is 6.92 Å². The third kappa shape index (κ3) is 2.96. The highest BCUT2D eigenvalue weighted by Gasteiger charge is 2.13. The first-order chi connectivity index (χ1) is 9.49. The minimum atomic E-state index is -0.180. The fourth-order valence-corrected chi connectivity index (χ4v) is 2.02. The van der Waals surface area contributed by atoms with Crippen molar-refractivity contribution in [2.45, 2.75) is 13.5 Å². The molecule has 0 aliphatic carbocycles. The summed E-state index contributed by atoms with van der Waals surface area (Å²) in [6.07, 6.45) is 1.61. The summed E-state index contributed by atoms with van der Waals surface area (Å²) in [5.41, 5.74) is 2.49. The molecule has 0 fully saturated rings. The van der Waals surface area contributed by atoms with Crippen LogP contribution in [-0.2, 0) is 13.6 Å². The molecule has 0 saturated heterocycles. The fourth-order valence-electron chi connectivity index (χ4n) is 2.02. The number of hydrogen-bond donors (Lipinski definition) is 0. The second-order valence-electron chi connectivity index (χ2n) is 4.95. The second kappa shape index (κ2) is 5.74. The maximum atomic E-state index is 12.3. The Labute approximate surface area is 118 Å². The highest BCUT2D eigenvalue weighted by molar-refractivity contribution is 5.93. The summed E-state index contributed by atoms with van der Waals surface area (Å²) >= 11 is 0. The maximum absolute atomic E-state index is 12.3. The average Bonchev–Trinajstić information content (AvgIpc) is 2.43. The number of pyridine rings is 1. The zero-order chi connectivity index (χ0) is 14.7. The SMILES string of the molecule is Cc1ccccc1CN(C)C(=O)c1ccn(C)c(=O)c1. The Balaban J connectivity index is 2.18. The van der Waals surface area contributed by atoms with Crippen LogP contribution < -0.4 is 5.56 Å². The lowest BCUT2D eigenvalue weighted by Gasteiger charge is -2.18. The maximum Gasteiger partial charge on any atom is 0.254 e. The van der Waals surface area contributed by atoms with E-state index in [0.29, 0.717) is 12.1 Å². The Bertz CT molecular complexity index is 689. The smallest absolute Gasteiger partial charge is 0.254 e. The first kappa shape index (κ1) is 14.1. The molecule has 104 valence electrons. The van der Waals surface area contributed by atoms with Gasteiger partial charge in [-0.1, -0.05) is 24.3 Å². The van der Waals surface area contributed by atoms with Crippen molar-refractivity contribution in [2.75, 3.05) is 7.05 Å². The Morgan fingerprint density at radius 2 is 1.95 bits per heavy atom. The van der Waals surface area contributed by atoms with E-state index in [-0.39, 0.29) is 11.5 Å². The number of hydrogen-bond acceptors (Lipinski definition) is 2. The van der Waals surface area contributed by atoms with Gasteiger partial charge >= 0.3 is 0 Å². The molecule has 2 rings (SSSR count). The van der Waals surface area contributed by atoms with E-state index < -0.39 is 0 Å². The largest absolute Gasteiger partial charge is 0.337 e. The molecule has 4 nitrogen and oxygen atoms in total. The molecule has 0 aliphatic heterocycles. The van der Waals surface area contributed by atoms with Gasteiger partial charge in [-0.25, -0.2) is 0 Å². The summed E-state index contributed by atoms with van der Waals surface area (Å²) in [5, 5.41) is 0. The zero-order valence-corrected chi connectivity index (χ0v) is 12.0. The van der Waals surface area contributed by atoms with E-state index in [1.54, 1.807) is 31.3 Å². The van der Waals surface area contributed by atoms with Crippen LogP contribution in [0.15, 0.2) is 47.4 Å². The summed E-state index contributed by atoms with van der Waals surface area (Å²) in [6.45, 7) is 2.55. The highest BCUT2D eigenvalue weighted by atomic mass is 16.2. The zero-order valence-electron chi connectivity index (χ0n) is 12.0. The van der Waals surface area contributed by atoms with Crippen molar-refractivity contribution >= 4 is 5.91 Å². The number of carbonyl (C=O) groups is 1.